The predicted molar refractivity (Wildman–Crippen MR) is 147 cm³/mol. The smallest absolute Gasteiger partial charge is 0.269 e. The molecule has 0 spiro atoms. The van der Waals surface area contributed by atoms with Crippen LogP contribution in [0.2, 0.25) is 0 Å². The Hall–Kier alpha value is -4.23. The number of carbonyl (C=O) groups excluding carboxylic acids is 2. The van der Waals surface area contributed by atoms with Gasteiger partial charge in [-0.05, 0) is 71.3 Å². The number of allylic oxidation sites excluding steroid dienone is 1. The molecule has 38 heavy (non-hydrogen) atoms. The number of nitrogens with zero attached hydrogens (tertiary/aromatic N) is 1. The molecule has 0 fully saturated rings. The molecule has 190 valence electrons. The van der Waals surface area contributed by atoms with Crippen LogP contribution in [0.5, 0.6) is 5.75 Å². The number of hydrogen-bond donors (Lipinski definition) is 1. The van der Waals surface area contributed by atoms with Crippen LogP contribution in [0.1, 0.15) is 45.6 Å². The topological polar surface area (TPSA) is 58.6 Å². The standard InChI is InChI=1S/C31H25FN2O3S/c1-37-23-13-11-19(12-14-23)21-17-25-29(27(35)18-21)30(20-6-4-7-22(32)16-20)34(31(36)28-10-5-15-38-28)26-9-3-2-8-24(26)33-25/h2-16,21,30,33H,17-18H2,1H3/t21-,30-/m1/s1. The molecule has 1 aromatic heterocycles. The summed E-state index contributed by atoms with van der Waals surface area (Å²) in [7, 11) is 1.62. The summed E-state index contributed by atoms with van der Waals surface area (Å²) in [5, 5.41) is 5.36. The average Bonchev–Trinajstić information content (AvgIpc) is 3.43. The summed E-state index contributed by atoms with van der Waals surface area (Å²) in [6, 6.07) is 24.3. The summed E-state index contributed by atoms with van der Waals surface area (Å²) < 4.78 is 19.9. The summed E-state index contributed by atoms with van der Waals surface area (Å²) >= 11 is 1.34. The van der Waals surface area contributed by atoms with Gasteiger partial charge in [0.1, 0.15) is 11.6 Å². The van der Waals surface area contributed by atoms with Gasteiger partial charge >= 0.3 is 0 Å². The minimum atomic E-state index is -0.782. The summed E-state index contributed by atoms with van der Waals surface area (Å²) in [5.41, 5.74) is 4.22. The number of ether oxygens (including phenoxy) is 1. The van der Waals surface area contributed by atoms with Crippen LogP contribution in [0.3, 0.4) is 0 Å². The lowest BCUT2D eigenvalue weighted by atomic mass is 9.78. The van der Waals surface area contributed by atoms with Crippen molar-refractivity contribution in [2.75, 3.05) is 17.3 Å². The number of ketones is 1. The molecule has 1 N–H and O–H groups in total. The third kappa shape index (κ3) is 4.29. The SMILES string of the molecule is COc1ccc([C@H]2CC(=O)C3=C(C2)Nc2ccccc2N(C(=O)c2cccs2)[C@@H]3c2cccc(F)c2)cc1. The molecule has 4 aromatic rings. The van der Waals surface area contributed by atoms with Gasteiger partial charge in [0, 0.05) is 17.7 Å². The number of fused-ring (bicyclic) bond motifs is 1. The number of rotatable bonds is 4. The molecular weight excluding hydrogens is 499 g/mol. The fraction of sp³-hybridized carbons (Fsp3) is 0.161. The third-order valence-corrected chi connectivity index (χ3v) is 8.05. The number of hydrogen-bond acceptors (Lipinski definition) is 5. The summed E-state index contributed by atoms with van der Waals surface area (Å²) in [5.74, 6) is -0.00304. The molecule has 0 bridgehead atoms. The van der Waals surface area contributed by atoms with Gasteiger partial charge in [0.2, 0.25) is 0 Å². The number of carbonyl (C=O) groups is 2. The maximum Gasteiger partial charge on any atom is 0.269 e. The Labute approximate surface area is 224 Å². The zero-order valence-electron chi connectivity index (χ0n) is 20.7. The lowest BCUT2D eigenvalue weighted by Gasteiger charge is -2.35. The number of halogens is 1. The number of thiophene rings is 1. The first kappa shape index (κ1) is 24.1. The number of nitrogens with one attached hydrogen (secondary N) is 1. The zero-order chi connectivity index (χ0) is 26.2. The highest BCUT2D eigenvalue weighted by Gasteiger charge is 2.42. The molecule has 7 heteroatoms. The molecule has 3 aromatic carbocycles. The van der Waals surface area contributed by atoms with E-state index in [1.54, 1.807) is 30.2 Å². The molecule has 0 unspecified atom stereocenters. The second kappa shape index (κ2) is 9.91. The zero-order valence-corrected chi connectivity index (χ0v) is 21.5. The summed E-state index contributed by atoms with van der Waals surface area (Å²) in [6.07, 6.45) is 0.866. The molecule has 5 nitrogen and oxygen atoms in total. The van der Waals surface area contributed by atoms with Crippen molar-refractivity contribution in [3.63, 3.8) is 0 Å². The highest BCUT2D eigenvalue weighted by molar-refractivity contribution is 7.12. The fourth-order valence-electron chi connectivity index (χ4n) is 5.44. The first-order chi connectivity index (χ1) is 18.5. The van der Waals surface area contributed by atoms with Crippen LogP contribution in [0.4, 0.5) is 15.8 Å². The minimum absolute atomic E-state index is 0.0421. The lowest BCUT2D eigenvalue weighted by molar-refractivity contribution is -0.116. The van der Waals surface area contributed by atoms with E-state index in [2.05, 4.69) is 5.32 Å². The number of anilines is 2. The van der Waals surface area contributed by atoms with Crippen LogP contribution in [0, 0.1) is 5.82 Å². The van der Waals surface area contributed by atoms with E-state index in [1.165, 1.54) is 23.5 Å². The number of para-hydroxylation sites is 2. The van der Waals surface area contributed by atoms with Crippen LogP contribution in [0.25, 0.3) is 0 Å². The molecule has 1 aliphatic carbocycles. The van der Waals surface area contributed by atoms with E-state index in [1.807, 2.05) is 60.0 Å². The van der Waals surface area contributed by atoms with E-state index in [4.69, 9.17) is 4.74 Å². The van der Waals surface area contributed by atoms with E-state index >= 15 is 0 Å². The van der Waals surface area contributed by atoms with Gasteiger partial charge in [-0.25, -0.2) is 4.39 Å². The van der Waals surface area contributed by atoms with Crippen molar-refractivity contribution < 1.29 is 18.7 Å². The summed E-state index contributed by atoms with van der Waals surface area (Å²) in [6.45, 7) is 0. The molecule has 6 rings (SSSR count). The van der Waals surface area contributed by atoms with Gasteiger partial charge in [-0.1, -0.05) is 42.5 Å². The van der Waals surface area contributed by atoms with Crippen molar-refractivity contribution in [3.05, 3.63) is 123 Å². The van der Waals surface area contributed by atoms with Crippen molar-refractivity contribution >= 4 is 34.4 Å². The molecule has 0 saturated carbocycles. The van der Waals surface area contributed by atoms with Crippen molar-refractivity contribution in [1.29, 1.82) is 0 Å². The monoisotopic (exact) mass is 524 g/mol. The van der Waals surface area contributed by atoms with Gasteiger partial charge in [0.15, 0.2) is 5.78 Å². The second-order valence-electron chi connectivity index (χ2n) is 9.45. The molecule has 2 atom stereocenters. The fourth-order valence-corrected chi connectivity index (χ4v) is 6.10. The molecular formula is C31H25FN2O3S. The Kier molecular flexibility index (Phi) is 6.29. The van der Waals surface area contributed by atoms with Crippen LogP contribution < -0.4 is 15.0 Å². The largest absolute Gasteiger partial charge is 0.497 e. The first-order valence-corrected chi connectivity index (χ1v) is 13.3. The quantitative estimate of drug-likeness (QED) is 0.309. The van der Waals surface area contributed by atoms with Gasteiger partial charge < -0.3 is 10.1 Å². The van der Waals surface area contributed by atoms with Gasteiger partial charge in [0.25, 0.3) is 5.91 Å². The molecule has 2 heterocycles. The van der Waals surface area contributed by atoms with Gasteiger partial charge in [0.05, 0.1) is 29.4 Å². The number of benzene rings is 3. The second-order valence-corrected chi connectivity index (χ2v) is 10.4. The van der Waals surface area contributed by atoms with Crippen LogP contribution in [0.15, 0.2) is 102 Å². The van der Waals surface area contributed by atoms with Crippen molar-refractivity contribution in [3.8, 4) is 5.75 Å². The summed E-state index contributed by atoms with van der Waals surface area (Å²) in [4.78, 5) is 30.2. The normalized spacial score (nSPS) is 18.8. The average molecular weight is 525 g/mol. The lowest BCUT2D eigenvalue weighted by Crippen LogP contribution is -2.38. The maximum absolute atomic E-state index is 14.6. The Bertz CT molecular complexity index is 1550. The van der Waals surface area contributed by atoms with Crippen LogP contribution in [-0.2, 0) is 4.79 Å². The minimum Gasteiger partial charge on any atom is -0.497 e. The van der Waals surface area contributed by atoms with Gasteiger partial charge in [-0.15, -0.1) is 11.3 Å². The number of methoxy groups -OCH3 is 1. The number of amides is 1. The first-order valence-electron chi connectivity index (χ1n) is 12.4. The Balaban J connectivity index is 1.54. The molecule has 0 saturated heterocycles. The number of Topliss-reactive ketones (excluding diaryl/α,β-unsaturated/α-hetero) is 1. The Morgan fingerprint density at radius 1 is 0.974 bits per heavy atom. The Morgan fingerprint density at radius 3 is 2.53 bits per heavy atom. The van der Waals surface area contributed by atoms with Crippen molar-refractivity contribution in [1.82, 2.24) is 0 Å². The van der Waals surface area contributed by atoms with E-state index < -0.39 is 11.9 Å². The van der Waals surface area contributed by atoms with E-state index in [-0.39, 0.29) is 24.0 Å². The third-order valence-electron chi connectivity index (χ3n) is 7.19. The van der Waals surface area contributed by atoms with Gasteiger partial charge in [-0.2, -0.15) is 0 Å². The molecule has 1 amide bonds. The van der Waals surface area contributed by atoms with Gasteiger partial charge in [-0.3, -0.25) is 14.5 Å². The van der Waals surface area contributed by atoms with Crippen molar-refractivity contribution in [2.24, 2.45) is 0 Å². The molecule has 0 radical (unpaired) electrons. The highest BCUT2D eigenvalue weighted by atomic mass is 32.1. The Morgan fingerprint density at radius 2 is 1.79 bits per heavy atom. The highest BCUT2D eigenvalue weighted by Crippen LogP contribution is 2.48. The maximum atomic E-state index is 14.6. The van der Waals surface area contributed by atoms with Crippen LogP contribution >= 0.6 is 11.3 Å². The van der Waals surface area contributed by atoms with E-state index in [0.29, 0.717) is 28.1 Å². The molecule has 1 aliphatic heterocycles. The van der Waals surface area contributed by atoms with Crippen LogP contribution in [-0.4, -0.2) is 18.8 Å². The van der Waals surface area contributed by atoms with Crippen molar-refractivity contribution in [2.45, 2.75) is 24.8 Å². The molecule has 2 aliphatic rings. The predicted octanol–water partition coefficient (Wildman–Crippen LogP) is 7.11. The van der Waals surface area contributed by atoms with E-state index in [9.17, 15) is 14.0 Å². The van der Waals surface area contributed by atoms with E-state index in [0.717, 1.165) is 22.7 Å².